The molecule has 1 fully saturated rings. The van der Waals surface area contributed by atoms with Crippen molar-refractivity contribution in [2.45, 2.75) is 57.5 Å². The van der Waals surface area contributed by atoms with Crippen molar-refractivity contribution in [1.29, 1.82) is 10.5 Å². The van der Waals surface area contributed by atoms with E-state index in [1.807, 2.05) is 19.9 Å². The Morgan fingerprint density at radius 1 is 0.807 bits per heavy atom. The maximum Gasteiger partial charge on any atom is 0.573 e. The SMILES string of the molecule is CC.CC(F)(F)c1nc(C#N)c2cnc(-c3cnc(OCC(F)(F)F)c(F)c3)cn12.N#Cc1nc(C2CC2(F)F)n2cc(-c3ccc(OC(F)(F)F)cc3)ccc12. The van der Waals surface area contributed by atoms with Crippen molar-refractivity contribution in [2.75, 3.05) is 6.61 Å². The second kappa shape index (κ2) is 15.6. The van der Waals surface area contributed by atoms with Gasteiger partial charge in [-0.05, 0) is 35.4 Å². The molecule has 0 amide bonds. The number of ether oxygens (including phenoxy) is 2. The average molecular weight is 811 g/mol. The van der Waals surface area contributed by atoms with E-state index >= 15 is 0 Å². The Labute approximate surface area is 314 Å². The summed E-state index contributed by atoms with van der Waals surface area (Å²) in [6.45, 7) is 2.87. The van der Waals surface area contributed by atoms with Crippen LogP contribution in [-0.4, -0.2) is 53.8 Å². The van der Waals surface area contributed by atoms with E-state index in [0.29, 0.717) is 23.6 Å². The standard InChI is InChI=1S/C18H10F5N3O.C16H9F6N5O.C2H6/c19-17(20)7-13(17)16-25-14(8-24)15-6-3-11(9-26(15)16)10-1-4-12(5-2-10)27-18(21,22)23;1-15(18,19)14-26-10(3-23)12-5-24-11(6-27(12)14)8-2-9(17)13(25-4-8)28-7-16(20,21)22;1-2/h1-6,9,13H,7H2;2,4-6H,7H2,1H3;1-2H3. The van der Waals surface area contributed by atoms with Gasteiger partial charge >= 0.3 is 18.5 Å². The fourth-order valence-corrected chi connectivity index (χ4v) is 5.30. The molecule has 1 unspecified atom stereocenters. The highest BCUT2D eigenvalue weighted by Gasteiger charge is 2.60. The number of rotatable bonds is 7. The lowest BCUT2D eigenvalue weighted by Crippen LogP contribution is -2.20. The number of nitriles is 2. The van der Waals surface area contributed by atoms with Crippen molar-refractivity contribution in [3.63, 3.8) is 0 Å². The van der Waals surface area contributed by atoms with Crippen LogP contribution < -0.4 is 9.47 Å². The van der Waals surface area contributed by atoms with Gasteiger partial charge in [0.05, 0.1) is 23.3 Å². The highest BCUT2D eigenvalue weighted by Crippen LogP contribution is 2.55. The van der Waals surface area contributed by atoms with Crippen molar-refractivity contribution in [3.05, 3.63) is 96.1 Å². The van der Waals surface area contributed by atoms with Crippen LogP contribution in [0.3, 0.4) is 0 Å². The van der Waals surface area contributed by atoms with E-state index in [4.69, 9.17) is 5.26 Å². The number of imidazole rings is 2. The number of benzene rings is 1. The van der Waals surface area contributed by atoms with Crippen LogP contribution in [0.4, 0.5) is 48.3 Å². The van der Waals surface area contributed by atoms with Gasteiger partial charge < -0.3 is 13.9 Å². The molecule has 7 rings (SSSR count). The molecule has 57 heavy (non-hydrogen) atoms. The average Bonchev–Trinajstić information content (AvgIpc) is 3.44. The lowest BCUT2D eigenvalue weighted by atomic mass is 10.1. The fraction of sp³-hybridized carbons (Fsp3) is 0.278. The molecular formula is C36H25F11N8O2. The highest BCUT2D eigenvalue weighted by molar-refractivity contribution is 5.69. The predicted octanol–water partition coefficient (Wildman–Crippen LogP) is 9.78. The zero-order valence-corrected chi connectivity index (χ0v) is 29.4. The molecule has 0 aliphatic heterocycles. The van der Waals surface area contributed by atoms with Gasteiger partial charge in [-0.1, -0.05) is 32.0 Å². The van der Waals surface area contributed by atoms with Crippen molar-refractivity contribution < 1.29 is 57.8 Å². The molecule has 0 radical (unpaired) electrons. The second-order valence-electron chi connectivity index (χ2n) is 11.9. The smallest absolute Gasteiger partial charge is 0.466 e. The van der Waals surface area contributed by atoms with Crippen molar-refractivity contribution in [3.8, 4) is 46.2 Å². The van der Waals surface area contributed by atoms with Crippen LogP contribution in [0.2, 0.25) is 0 Å². The van der Waals surface area contributed by atoms with Crippen LogP contribution in [0.5, 0.6) is 11.6 Å². The first-order valence-electron chi connectivity index (χ1n) is 16.4. The quantitative estimate of drug-likeness (QED) is 0.146. The number of nitrogens with zero attached hydrogens (tertiary/aromatic N) is 8. The number of halogens is 11. The molecule has 1 aliphatic carbocycles. The van der Waals surface area contributed by atoms with Crippen molar-refractivity contribution >= 4 is 11.0 Å². The number of hydrogen-bond acceptors (Lipinski definition) is 8. The molecule has 1 aromatic carbocycles. The number of alkyl halides is 10. The molecule has 1 aliphatic rings. The van der Waals surface area contributed by atoms with Crippen LogP contribution >= 0.6 is 0 Å². The molecule has 0 N–H and O–H groups in total. The third kappa shape index (κ3) is 9.48. The summed E-state index contributed by atoms with van der Waals surface area (Å²) in [7, 11) is 0. The molecule has 0 saturated heterocycles. The van der Waals surface area contributed by atoms with Gasteiger partial charge in [-0.3, -0.25) is 9.38 Å². The Kier molecular flexibility index (Phi) is 11.4. The molecular weight excluding hydrogens is 785 g/mol. The molecule has 21 heteroatoms. The normalized spacial score (nSPS) is 14.8. The Bertz CT molecular complexity index is 2490. The summed E-state index contributed by atoms with van der Waals surface area (Å²) in [6.07, 6.45) is -5.05. The lowest BCUT2D eigenvalue weighted by molar-refractivity contribution is -0.274. The summed E-state index contributed by atoms with van der Waals surface area (Å²) in [4.78, 5) is 15.0. The van der Waals surface area contributed by atoms with E-state index in [-0.39, 0.29) is 46.2 Å². The highest BCUT2D eigenvalue weighted by atomic mass is 19.4. The topological polar surface area (TPSA) is 126 Å². The zero-order valence-electron chi connectivity index (χ0n) is 29.4. The Balaban J connectivity index is 0.000000209. The molecule has 6 aromatic rings. The van der Waals surface area contributed by atoms with Crippen LogP contribution in [0, 0.1) is 28.5 Å². The Hall–Kier alpha value is -6.51. The lowest BCUT2D eigenvalue weighted by Gasteiger charge is -2.11. The van der Waals surface area contributed by atoms with Gasteiger partial charge in [-0.25, -0.2) is 28.1 Å². The molecule has 0 spiro atoms. The Morgan fingerprint density at radius 3 is 1.96 bits per heavy atom. The first-order chi connectivity index (χ1) is 26.7. The summed E-state index contributed by atoms with van der Waals surface area (Å²) in [5.74, 6) is -10.3. The summed E-state index contributed by atoms with van der Waals surface area (Å²) in [5.41, 5.74) is 1.31. The van der Waals surface area contributed by atoms with Gasteiger partial charge in [0, 0.05) is 37.5 Å². The fourth-order valence-electron chi connectivity index (χ4n) is 5.30. The van der Waals surface area contributed by atoms with Crippen LogP contribution in [-0.2, 0) is 5.92 Å². The molecule has 1 saturated carbocycles. The summed E-state index contributed by atoms with van der Waals surface area (Å²) in [6, 6.07) is 12.8. The molecule has 1 atom stereocenters. The summed E-state index contributed by atoms with van der Waals surface area (Å²) < 4.78 is 152. The molecule has 10 nitrogen and oxygen atoms in total. The second-order valence-corrected chi connectivity index (χ2v) is 11.9. The van der Waals surface area contributed by atoms with Gasteiger partial charge in [0.2, 0.25) is 0 Å². The summed E-state index contributed by atoms with van der Waals surface area (Å²) >= 11 is 0. The van der Waals surface area contributed by atoms with E-state index in [0.717, 1.165) is 41.2 Å². The summed E-state index contributed by atoms with van der Waals surface area (Å²) in [5, 5.41) is 18.2. The van der Waals surface area contributed by atoms with E-state index in [1.165, 1.54) is 16.5 Å². The van der Waals surface area contributed by atoms with Gasteiger partial charge in [-0.2, -0.15) is 32.5 Å². The maximum absolute atomic E-state index is 14.0. The number of fused-ring (bicyclic) bond motifs is 2. The number of aromatic nitrogens is 6. The van der Waals surface area contributed by atoms with E-state index in [1.54, 1.807) is 24.4 Å². The van der Waals surface area contributed by atoms with Gasteiger partial charge in [-0.15, -0.1) is 13.2 Å². The van der Waals surface area contributed by atoms with E-state index < -0.39 is 54.4 Å². The van der Waals surface area contributed by atoms with E-state index in [2.05, 4.69) is 29.4 Å². The van der Waals surface area contributed by atoms with Gasteiger partial charge in [0.1, 0.15) is 29.2 Å². The van der Waals surface area contributed by atoms with Crippen LogP contribution in [0.1, 0.15) is 56.1 Å². The molecule has 298 valence electrons. The van der Waals surface area contributed by atoms with E-state index in [9.17, 15) is 53.6 Å². The Morgan fingerprint density at radius 2 is 1.42 bits per heavy atom. The third-order valence-corrected chi connectivity index (χ3v) is 7.83. The van der Waals surface area contributed by atoms with Crippen molar-refractivity contribution in [1.82, 2.24) is 28.7 Å². The molecule has 5 heterocycles. The zero-order chi connectivity index (χ0) is 42.1. The van der Waals surface area contributed by atoms with Gasteiger partial charge in [0.25, 0.3) is 11.8 Å². The largest absolute Gasteiger partial charge is 0.573 e. The van der Waals surface area contributed by atoms with Gasteiger partial charge in [0.15, 0.2) is 29.6 Å². The molecule has 0 bridgehead atoms. The first-order valence-corrected chi connectivity index (χ1v) is 16.4. The monoisotopic (exact) mass is 810 g/mol. The maximum atomic E-state index is 14.0. The minimum Gasteiger partial charge on any atom is -0.466 e. The first kappa shape index (κ1) is 41.6. The minimum absolute atomic E-state index is 0.00339. The van der Waals surface area contributed by atoms with Crippen LogP contribution in [0.15, 0.2) is 67.3 Å². The number of hydrogen-bond donors (Lipinski definition) is 0. The predicted molar refractivity (Wildman–Crippen MR) is 178 cm³/mol. The minimum atomic E-state index is -4.78. The number of pyridine rings is 2. The van der Waals surface area contributed by atoms with Crippen molar-refractivity contribution in [2.24, 2.45) is 0 Å². The molecule has 5 aromatic heterocycles. The third-order valence-electron chi connectivity index (χ3n) is 7.83. The van der Waals surface area contributed by atoms with Crippen LogP contribution in [0.25, 0.3) is 33.4 Å².